The van der Waals surface area contributed by atoms with Crippen LogP contribution in [0.1, 0.15) is 76.5 Å². The Morgan fingerprint density at radius 2 is 1.30 bits per heavy atom. The predicted octanol–water partition coefficient (Wildman–Crippen LogP) is 3.17. The van der Waals surface area contributed by atoms with Crippen molar-refractivity contribution in [3.05, 3.63) is 34.9 Å². The number of benzene rings is 1. The zero-order valence-electron chi connectivity index (χ0n) is 13.3. The van der Waals surface area contributed by atoms with Gasteiger partial charge in [-0.15, -0.1) is 0 Å². The van der Waals surface area contributed by atoms with Crippen LogP contribution in [0.3, 0.4) is 0 Å². The molecule has 0 fully saturated rings. The number of unbranched alkanes of at least 4 members (excludes halogenated alkanes) is 5. The van der Waals surface area contributed by atoms with E-state index in [0.717, 1.165) is 25.3 Å². The lowest BCUT2D eigenvalue weighted by atomic mass is 10.0. The maximum Gasteiger partial charge on any atom is 0.335 e. The summed E-state index contributed by atoms with van der Waals surface area (Å²) < 4.78 is 0. The Kier molecular flexibility index (Phi) is 7.80. The van der Waals surface area contributed by atoms with E-state index in [9.17, 15) is 14.4 Å². The second-order valence-electron chi connectivity index (χ2n) is 5.43. The average molecular weight is 321 g/mol. The van der Waals surface area contributed by atoms with Gasteiger partial charge < -0.3 is 15.5 Å². The predicted molar refractivity (Wildman–Crippen MR) is 86.1 cm³/mol. The van der Waals surface area contributed by atoms with Crippen molar-refractivity contribution in [1.82, 2.24) is 5.32 Å². The summed E-state index contributed by atoms with van der Waals surface area (Å²) in [5.74, 6) is -2.99. The smallest absolute Gasteiger partial charge is 0.335 e. The number of hydrogen-bond donors (Lipinski definition) is 3. The molecule has 6 nitrogen and oxygen atoms in total. The lowest BCUT2D eigenvalue weighted by molar-refractivity contribution is 0.0696. The maximum absolute atomic E-state index is 12.0. The highest BCUT2D eigenvalue weighted by atomic mass is 16.4. The number of hydrogen-bond acceptors (Lipinski definition) is 3. The van der Waals surface area contributed by atoms with Crippen LogP contribution in [0.15, 0.2) is 18.2 Å². The first kappa shape index (κ1) is 18.7. The molecule has 0 aliphatic heterocycles. The summed E-state index contributed by atoms with van der Waals surface area (Å²) in [4.78, 5) is 34.1. The Morgan fingerprint density at radius 1 is 0.826 bits per heavy atom. The van der Waals surface area contributed by atoms with Crippen LogP contribution >= 0.6 is 0 Å². The third-order valence-corrected chi connectivity index (χ3v) is 3.50. The summed E-state index contributed by atoms with van der Waals surface area (Å²) in [6.07, 6.45) is 6.58. The molecule has 0 atom stereocenters. The summed E-state index contributed by atoms with van der Waals surface area (Å²) in [5, 5.41) is 20.7. The first-order valence-electron chi connectivity index (χ1n) is 7.85. The minimum atomic E-state index is -1.27. The van der Waals surface area contributed by atoms with Gasteiger partial charge in [0, 0.05) is 12.1 Å². The minimum Gasteiger partial charge on any atom is -0.478 e. The number of nitrogens with one attached hydrogen (secondary N) is 1. The number of aromatic carboxylic acids is 2. The molecule has 126 valence electrons. The minimum absolute atomic E-state index is 0.0493. The largest absolute Gasteiger partial charge is 0.478 e. The van der Waals surface area contributed by atoms with Gasteiger partial charge in [-0.1, -0.05) is 39.0 Å². The van der Waals surface area contributed by atoms with E-state index in [-0.39, 0.29) is 16.7 Å². The fourth-order valence-corrected chi connectivity index (χ4v) is 2.21. The van der Waals surface area contributed by atoms with Crippen molar-refractivity contribution in [3.63, 3.8) is 0 Å². The van der Waals surface area contributed by atoms with E-state index < -0.39 is 17.8 Å². The van der Waals surface area contributed by atoms with Gasteiger partial charge in [-0.25, -0.2) is 9.59 Å². The fourth-order valence-electron chi connectivity index (χ4n) is 2.21. The van der Waals surface area contributed by atoms with Crippen LogP contribution in [0.5, 0.6) is 0 Å². The number of carboxylic acids is 2. The average Bonchev–Trinajstić information content (AvgIpc) is 2.53. The van der Waals surface area contributed by atoms with E-state index in [1.54, 1.807) is 0 Å². The van der Waals surface area contributed by atoms with Crippen LogP contribution in [-0.2, 0) is 0 Å². The highest BCUT2D eigenvalue weighted by molar-refractivity contribution is 6.01. The second-order valence-corrected chi connectivity index (χ2v) is 5.43. The molecule has 0 bridgehead atoms. The molecule has 1 aromatic carbocycles. The monoisotopic (exact) mass is 321 g/mol. The Hall–Kier alpha value is -2.37. The molecule has 0 aromatic heterocycles. The van der Waals surface area contributed by atoms with Gasteiger partial charge in [-0.2, -0.15) is 0 Å². The molecule has 1 amide bonds. The number of amides is 1. The molecule has 0 spiro atoms. The van der Waals surface area contributed by atoms with Crippen LogP contribution in [0.4, 0.5) is 0 Å². The number of rotatable bonds is 10. The summed E-state index contributed by atoms with van der Waals surface area (Å²) >= 11 is 0. The van der Waals surface area contributed by atoms with Crippen molar-refractivity contribution in [2.75, 3.05) is 6.54 Å². The van der Waals surface area contributed by atoms with Crippen molar-refractivity contribution < 1.29 is 24.6 Å². The molecule has 0 saturated heterocycles. The summed E-state index contributed by atoms with van der Waals surface area (Å²) in [6.45, 7) is 2.64. The summed E-state index contributed by atoms with van der Waals surface area (Å²) in [7, 11) is 0. The molecule has 0 aliphatic rings. The molecule has 0 radical (unpaired) electrons. The molecule has 0 aliphatic carbocycles. The van der Waals surface area contributed by atoms with E-state index in [1.165, 1.54) is 31.4 Å². The zero-order chi connectivity index (χ0) is 17.2. The molecule has 23 heavy (non-hydrogen) atoms. The normalized spacial score (nSPS) is 10.3. The van der Waals surface area contributed by atoms with Crippen LogP contribution in [0, 0.1) is 0 Å². The van der Waals surface area contributed by atoms with Crippen molar-refractivity contribution in [2.45, 2.75) is 45.4 Å². The topological polar surface area (TPSA) is 104 Å². The number of carbonyl (C=O) groups excluding carboxylic acids is 1. The van der Waals surface area contributed by atoms with Gasteiger partial charge in [-0.3, -0.25) is 4.79 Å². The number of carboxylic acid groups (broad SMARTS) is 2. The summed E-state index contributed by atoms with van der Waals surface area (Å²) in [6, 6.07) is 3.41. The molecule has 1 rings (SSSR count). The van der Waals surface area contributed by atoms with E-state index in [1.807, 2.05) is 0 Å². The van der Waals surface area contributed by atoms with Crippen molar-refractivity contribution >= 4 is 17.8 Å². The van der Waals surface area contributed by atoms with Gasteiger partial charge in [0.2, 0.25) is 0 Å². The number of carbonyl (C=O) groups is 3. The molecule has 3 N–H and O–H groups in total. The maximum atomic E-state index is 12.0. The van der Waals surface area contributed by atoms with Gasteiger partial charge >= 0.3 is 11.9 Å². The van der Waals surface area contributed by atoms with Crippen molar-refractivity contribution in [3.8, 4) is 0 Å². The summed E-state index contributed by atoms with van der Waals surface area (Å²) in [5.41, 5.74) is -0.377. The van der Waals surface area contributed by atoms with Gasteiger partial charge in [-0.05, 0) is 24.6 Å². The van der Waals surface area contributed by atoms with E-state index in [0.29, 0.717) is 6.54 Å². The first-order chi connectivity index (χ1) is 11.0. The lowest BCUT2D eigenvalue weighted by Gasteiger charge is -2.07. The fraction of sp³-hybridized carbons (Fsp3) is 0.471. The van der Waals surface area contributed by atoms with Crippen LogP contribution in [-0.4, -0.2) is 34.6 Å². The van der Waals surface area contributed by atoms with Crippen LogP contribution in [0.25, 0.3) is 0 Å². The third-order valence-electron chi connectivity index (χ3n) is 3.50. The van der Waals surface area contributed by atoms with Crippen molar-refractivity contribution in [2.24, 2.45) is 0 Å². The van der Waals surface area contributed by atoms with Crippen LogP contribution < -0.4 is 5.32 Å². The van der Waals surface area contributed by atoms with E-state index in [4.69, 9.17) is 10.2 Å². The SMILES string of the molecule is CCCCCCCCNC(=O)c1cc(C(=O)O)cc(C(=O)O)c1. The Bertz CT molecular complexity index is 536. The van der Waals surface area contributed by atoms with E-state index in [2.05, 4.69) is 12.2 Å². The van der Waals surface area contributed by atoms with Gasteiger partial charge in [0.1, 0.15) is 0 Å². The van der Waals surface area contributed by atoms with Crippen LogP contribution in [0.2, 0.25) is 0 Å². The Labute approximate surface area is 135 Å². The molecule has 1 aromatic rings. The van der Waals surface area contributed by atoms with Crippen molar-refractivity contribution in [1.29, 1.82) is 0 Å². The van der Waals surface area contributed by atoms with E-state index >= 15 is 0 Å². The third kappa shape index (κ3) is 6.50. The molecule has 0 heterocycles. The molecule has 0 unspecified atom stereocenters. The second kappa shape index (κ2) is 9.61. The molecular formula is C17H23NO5. The van der Waals surface area contributed by atoms with Gasteiger partial charge in [0.05, 0.1) is 11.1 Å². The molecule has 0 saturated carbocycles. The van der Waals surface area contributed by atoms with Gasteiger partial charge in [0.15, 0.2) is 0 Å². The first-order valence-corrected chi connectivity index (χ1v) is 7.85. The lowest BCUT2D eigenvalue weighted by Crippen LogP contribution is -2.25. The van der Waals surface area contributed by atoms with Gasteiger partial charge in [0.25, 0.3) is 5.91 Å². The Balaban J connectivity index is 2.58. The quantitative estimate of drug-likeness (QED) is 0.574. The Morgan fingerprint density at radius 3 is 1.83 bits per heavy atom. The molecular weight excluding hydrogens is 298 g/mol. The molecule has 6 heteroatoms. The zero-order valence-corrected chi connectivity index (χ0v) is 13.3. The highest BCUT2D eigenvalue weighted by Gasteiger charge is 2.15. The highest BCUT2D eigenvalue weighted by Crippen LogP contribution is 2.11. The standard InChI is InChI=1S/C17H23NO5/c1-2-3-4-5-6-7-8-18-15(19)12-9-13(16(20)21)11-14(10-12)17(22)23/h9-11H,2-8H2,1H3,(H,18,19)(H,20,21)(H,22,23).